The average Bonchev–Trinajstić information content (AvgIpc) is 3.31. The van der Waals surface area contributed by atoms with E-state index in [1.54, 1.807) is 23.9 Å². The van der Waals surface area contributed by atoms with Gasteiger partial charge >= 0.3 is 0 Å². The van der Waals surface area contributed by atoms with Crippen molar-refractivity contribution in [1.29, 1.82) is 0 Å². The van der Waals surface area contributed by atoms with E-state index in [0.717, 1.165) is 5.56 Å². The van der Waals surface area contributed by atoms with Crippen LogP contribution in [0.25, 0.3) is 22.3 Å². The minimum absolute atomic E-state index is 0.0682. The summed E-state index contributed by atoms with van der Waals surface area (Å²) < 4.78 is 1.81. The molecule has 0 aliphatic rings. The Hall–Kier alpha value is -3.39. The van der Waals surface area contributed by atoms with E-state index >= 15 is 0 Å². The van der Waals surface area contributed by atoms with Gasteiger partial charge in [-0.1, -0.05) is 41.7 Å². The fourth-order valence-corrected chi connectivity index (χ4v) is 4.14. The van der Waals surface area contributed by atoms with E-state index in [2.05, 4.69) is 15.4 Å². The van der Waals surface area contributed by atoms with Crippen LogP contribution in [0.5, 0.6) is 0 Å². The van der Waals surface area contributed by atoms with Gasteiger partial charge in [-0.25, -0.2) is 14.6 Å². The van der Waals surface area contributed by atoms with Crippen LogP contribution in [-0.4, -0.2) is 31.4 Å². The molecule has 30 heavy (non-hydrogen) atoms. The molecule has 0 saturated carbocycles. The van der Waals surface area contributed by atoms with Crippen molar-refractivity contribution in [3.8, 4) is 11.3 Å². The summed E-state index contributed by atoms with van der Waals surface area (Å²) in [6.45, 7) is 7.29. The van der Waals surface area contributed by atoms with Crippen molar-refractivity contribution in [3.05, 3.63) is 58.7 Å². The molecule has 4 aromatic rings. The Morgan fingerprint density at radius 1 is 1.13 bits per heavy atom. The van der Waals surface area contributed by atoms with Crippen LogP contribution in [0.2, 0.25) is 0 Å². The highest BCUT2D eigenvalue weighted by Crippen LogP contribution is 2.28. The molecule has 152 valence electrons. The first-order valence-corrected chi connectivity index (χ1v) is 10.4. The molecule has 1 aromatic carbocycles. The number of hydrogen-bond donors (Lipinski definition) is 1. The molecule has 0 saturated heterocycles. The zero-order chi connectivity index (χ0) is 21.4. The van der Waals surface area contributed by atoms with E-state index < -0.39 is 0 Å². The Kier molecular flexibility index (Phi) is 5.17. The lowest BCUT2D eigenvalue weighted by atomic mass is 10.1. The maximum absolute atomic E-state index is 13.2. The van der Waals surface area contributed by atoms with E-state index in [0.29, 0.717) is 38.0 Å². The molecular weight excluding hydrogens is 398 g/mol. The molecule has 3 heterocycles. The smallest absolute Gasteiger partial charge is 0.258 e. The number of carbonyl (C=O) groups excluding carboxylic acids is 2. The van der Waals surface area contributed by atoms with Gasteiger partial charge in [0.25, 0.3) is 5.91 Å². The second-order valence-corrected chi connectivity index (χ2v) is 8.28. The standard InChI is InChI=1S/C22H21N5O2S/c1-12(2)27-20-17(11-23-27)16(10-18(25-20)15-8-6-5-7-9-15)21(29)26-22-24-13(3)19(30-22)14(4)28/h5-12H,1-4H3,(H,24,26,29). The molecule has 0 fully saturated rings. The molecule has 0 bridgehead atoms. The number of aromatic nitrogens is 4. The summed E-state index contributed by atoms with van der Waals surface area (Å²) in [4.78, 5) is 34.5. The van der Waals surface area contributed by atoms with Crippen LogP contribution < -0.4 is 5.32 Å². The number of thiazole rings is 1. The van der Waals surface area contributed by atoms with E-state index in [9.17, 15) is 9.59 Å². The van der Waals surface area contributed by atoms with Crippen LogP contribution in [0.3, 0.4) is 0 Å². The maximum atomic E-state index is 13.2. The monoisotopic (exact) mass is 419 g/mol. The summed E-state index contributed by atoms with van der Waals surface area (Å²) in [5, 5.41) is 8.33. The van der Waals surface area contributed by atoms with Gasteiger partial charge in [0.15, 0.2) is 16.6 Å². The molecule has 7 nitrogen and oxygen atoms in total. The zero-order valence-corrected chi connectivity index (χ0v) is 17.9. The quantitative estimate of drug-likeness (QED) is 0.465. The van der Waals surface area contributed by atoms with Gasteiger partial charge in [-0.15, -0.1) is 0 Å². The highest BCUT2D eigenvalue weighted by molar-refractivity contribution is 7.17. The Morgan fingerprint density at radius 3 is 2.50 bits per heavy atom. The summed E-state index contributed by atoms with van der Waals surface area (Å²) in [6, 6.07) is 11.6. The third kappa shape index (κ3) is 3.61. The fraction of sp³-hybridized carbons (Fsp3) is 0.227. The van der Waals surface area contributed by atoms with Crippen molar-refractivity contribution < 1.29 is 9.59 Å². The second-order valence-electron chi connectivity index (χ2n) is 7.29. The summed E-state index contributed by atoms with van der Waals surface area (Å²) in [5.41, 5.74) is 3.32. The molecular formula is C22H21N5O2S. The maximum Gasteiger partial charge on any atom is 0.258 e. The lowest BCUT2D eigenvalue weighted by Gasteiger charge is -2.10. The van der Waals surface area contributed by atoms with Crippen LogP contribution in [0.15, 0.2) is 42.6 Å². The predicted octanol–water partition coefficient (Wildman–Crippen LogP) is 4.90. The highest BCUT2D eigenvalue weighted by Gasteiger charge is 2.20. The van der Waals surface area contributed by atoms with Gasteiger partial charge < -0.3 is 0 Å². The Balaban J connectivity index is 1.81. The van der Waals surface area contributed by atoms with Crippen LogP contribution >= 0.6 is 11.3 Å². The number of anilines is 1. The topological polar surface area (TPSA) is 89.8 Å². The normalized spacial score (nSPS) is 11.2. The largest absolute Gasteiger partial charge is 0.298 e. The number of aryl methyl sites for hydroxylation is 1. The molecule has 3 aromatic heterocycles. The number of amides is 1. The molecule has 0 aliphatic heterocycles. The summed E-state index contributed by atoms with van der Waals surface area (Å²) >= 11 is 1.18. The molecule has 8 heteroatoms. The first kappa shape index (κ1) is 19.9. The molecule has 4 rings (SSSR count). The lowest BCUT2D eigenvalue weighted by Crippen LogP contribution is -2.13. The summed E-state index contributed by atoms with van der Waals surface area (Å²) in [7, 11) is 0. The first-order chi connectivity index (χ1) is 14.3. The molecule has 1 N–H and O–H groups in total. The van der Waals surface area contributed by atoms with Gasteiger partial charge in [0, 0.05) is 18.5 Å². The lowest BCUT2D eigenvalue weighted by molar-refractivity contribution is 0.101. The van der Waals surface area contributed by atoms with Crippen molar-refractivity contribution in [3.63, 3.8) is 0 Å². The van der Waals surface area contributed by atoms with E-state index in [1.807, 2.05) is 44.2 Å². The molecule has 0 aliphatic carbocycles. The van der Waals surface area contributed by atoms with Gasteiger partial charge in [0.2, 0.25) is 0 Å². The minimum atomic E-state index is -0.313. The van der Waals surface area contributed by atoms with Crippen LogP contribution in [-0.2, 0) is 0 Å². The number of pyridine rings is 1. The molecule has 0 radical (unpaired) electrons. The molecule has 0 spiro atoms. The number of rotatable bonds is 5. The number of nitrogens with one attached hydrogen (secondary N) is 1. The first-order valence-electron chi connectivity index (χ1n) is 9.58. The Labute approximate surface area is 177 Å². The van der Waals surface area contributed by atoms with Crippen molar-refractivity contribution in [2.45, 2.75) is 33.7 Å². The van der Waals surface area contributed by atoms with E-state index in [-0.39, 0.29) is 17.7 Å². The van der Waals surface area contributed by atoms with E-state index in [1.165, 1.54) is 18.3 Å². The number of hydrogen-bond acceptors (Lipinski definition) is 6. The van der Waals surface area contributed by atoms with Crippen LogP contribution in [0, 0.1) is 6.92 Å². The predicted molar refractivity (Wildman–Crippen MR) is 118 cm³/mol. The minimum Gasteiger partial charge on any atom is -0.298 e. The third-order valence-corrected chi connectivity index (χ3v) is 5.88. The molecule has 0 atom stereocenters. The number of Topliss-reactive ketones (excluding diaryl/α,β-unsaturated/α-hetero) is 1. The van der Waals surface area contributed by atoms with Crippen LogP contribution in [0.1, 0.15) is 52.5 Å². The number of carbonyl (C=O) groups is 2. The van der Waals surface area contributed by atoms with Gasteiger partial charge in [-0.2, -0.15) is 5.10 Å². The number of benzene rings is 1. The highest BCUT2D eigenvalue weighted by atomic mass is 32.1. The fourth-order valence-electron chi connectivity index (χ4n) is 3.28. The van der Waals surface area contributed by atoms with Crippen molar-refractivity contribution in [1.82, 2.24) is 19.7 Å². The number of ketones is 1. The van der Waals surface area contributed by atoms with Crippen molar-refractivity contribution in [2.75, 3.05) is 5.32 Å². The van der Waals surface area contributed by atoms with Gasteiger partial charge in [0.1, 0.15) is 0 Å². The van der Waals surface area contributed by atoms with Gasteiger partial charge in [0.05, 0.1) is 33.4 Å². The van der Waals surface area contributed by atoms with Gasteiger partial charge in [-0.05, 0) is 26.8 Å². The molecule has 0 unspecified atom stereocenters. The van der Waals surface area contributed by atoms with Crippen molar-refractivity contribution in [2.24, 2.45) is 0 Å². The Morgan fingerprint density at radius 2 is 1.87 bits per heavy atom. The van der Waals surface area contributed by atoms with Gasteiger partial charge in [-0.3, -0.25) is 14.9 Å². The summed E-state index contributed by atoms with van der Waals surface area (Å²) in [6.07, 6.45) is 1.67. The van der Waals surface area contributed by atoms with Crippen molar-refractivity contribution >= 4 is 39.2 Å². The molecule has 1 amide bonds. The second kappa shape index (κ2) is 7.79. The average molecular weight is 420 g/mol. The summed E-state index contributed by atoms with van der Waals surface area (Å²) in [5.74, 6) is -0.381. The Bertz CT molecular complexity index is 1260. The zero-order valence-electron chi connectivity index (χ0n) is 17.1. The third-order valence-electron chi connectivity index (χ3n) is 4.71. The van der Waals surface area contributed by atoms with Crippen LogP contribution in [0.4, 0.5) is 5.13 Å². The van der Waals surface area contributed by atoms with E-state index in [4.69, 9.17) is 4.98 Å². The number of fused-ring (bicyclic) bond motifs is 1. The SMILES string of the molecule is CC(=O)c1sc(NC(=O)c2cc(-c3ccccc3)nc3c2cnn3C(C)C)nc1C. The number of nitrogens with zero attached hydrogens (tertiary/aromatic N) is 4.